The predicted molar refractivity (Wildman–Crippen MR) is 83.2 cm³/mol. The third kappa shape index (κ3) is 4.37. The summed E-state index contributed by atoms with van der Waals surface area (Å²) in [6.45, 7) is 9.80. The summed E-state index contributed by atoms with van der Waals surface area (Å²) < 4.78 is 5.27. The first-order valence-corrected chi connectivity index (χ1v) is 7.27. The minimum atomic E-state index is 0.328. The first kappa shape index (κ1) is 16.3. The van der Waals surface area contributed by atoms with Gasteiger partial charge in [-0.1, -0.05) is 24.6 Å². The van der Waals surface area contributed by atoms with Gasteiger partial charge in [0.2, 0.25) is 0 Å². The summed E-state index contributed by atoms with van der Waals surface area (Å²) in [4.78, 5) is 2.34. The molecule has 4 heteroatoms. The zero-order valence-corrected chi connectivity index (χ0v) is 13.1. The molecule has 0 aliphatic heterocycles. The summed E-state index contributed by atoms with van der Waals surface area (Å²) in [5.74, 6) is 0. The highest BCUT2D eigenvalue weighted by atomic mass is 35.5. The number of nitrogens with one attached hydrogen (secondary N) is 1. The van der Waals surface area contributed by atoms with Gasteiger partial charge < -0.3 is 15.0 Å². The molecule has 0 heterocycles. The first-order chi connectivity index (χ1) is 9.15. The normalized spacial score (nSPS) is 12.5. The Morgan fingerprint density at radius 1 is 1.37 bits per heavy atom. The van der Waals surface area contributed by atoms with E-state index in [1.807, 2.05) is 12.1 Å². The van der Waals surface area contributed by atoms with Crippen LogP contribution in [-0.2, 0) is 11.3 Å². The van der Waals surface area contributed by atoms with Crippen LogP contribution in [0.2, 0.25) is 5.02 Å². The summed E-state index contributed by atoms with van der Waals surface area (Å²) in [5.41, 5.74) is 2.36. The molecule has 0 bridgehead atoms. The highest BCUT2D eigenvalue weighted by molar-refractivity contribution is 6.31. The standard InChI is InChI=1S/C15H25ClN2O/c1-5-17-10-13-14(16)8-7-9-15(13)18(6-2)12(3)11-19-4/h7-9,12,17H,5-6,10-11H2,1-4H3. The molecule has 1 N–H and O–H groups in total. The maximum Gasteiger partial charge on any atom is 0.0663 e. The number of benzene rings is 1. The fraction of sp³-hybridized carbons (Fsp3) is 0.600. The fourth-order valence-electron chi connectivity index (χ4n) is 2.29. The number of anilines is 1. The molecule has 0 saturated carbocycles. The Labute approximate surface area is 121 Å². The van der Waals surface area contributed by atoms with E-state index in [-0.39, 0.29) is 0 Å². The Kier molecular flexibility index (Phi) is 7.21. The minimum Gasteiger partial charge on any atom is -0.383 e. The van der Waals surface area contributed by atoms with Gasteiger partial charge in [0.05, 0.1) is 6.61 Å². The maximum atomic E-state index is 6.35. The number of hydrogen-bond acceptors (Lipinski definition) is 3. The molecule has 1 rings (SSSR count). The SMILES string of the molecule is CCNCc1c(Cl)cccc1N(CC)C(C)COC. The summed E-state index contributed by atoms with van der Waals surface area (Å²) in [5, 5.41) is 4.17. The van der Waals surface area contributed by atoms with E-state index < -0.39 is 0 Å². The van der Waals surface area contributed by atoms with Crippen LogP contribution in [0.5, 0.6) is 0 Å². The summed E-state index contributed by atoms with van der Waals surface area (Å²) >= 11 is 6.35. The van der Waals surface area contributed by atoms with E-state index in [0.29, 0.717) is 12.6 Å². The zero-order chi connectivity index (χ0) is 14.3. The van der Waals surface area contributed by atoms with Crippen LogP contribution in [0.3, 0.4) is 0 Å². The number of methoxy groups -OCH3 is 1. The molecule has 0 spiro atoms. The lowest BCUT2D eigenvalue weighted by Gasteiger charge is -2.32. The highest BCUT2D eigenvalue weighted by Crippen LogP contribution is 2.28. The van der Waals surface area contributed by atoms with E-state index in [1.165, 1.54) is 5.69 Å². The van der Waals surface area contributed by atoms with Gasteiger partial charge in [0.1, 0.15) is 0 Å². The highest BCUT2D eigenvalue weighted by Gasteiger charge is 2.17. The lowest BCUT2D eigenvalue weighted by molar-refractivity contribution is 0.182. The number of nitrogens with zero attached hydrogens (tertiary/aromatic N) is 1. The van der Waals surface area contributed by atoms with E-state index in [9.17, 15) is 0 Å². The van der Waals surface area contributed by atoms with Gasteiger partial charge in [-0.15, -0.1) is 0 Å². The molecule has 19 heavy (non-hydrogen) atoms. The van der Waals surface area contributed by atoms with Gasteiger partial charge in [-0.25, -0.2) is 0 Å². The third-order valence-corrected chi connectivity index (χ3v) is 3.59. The van der Waals surface area contributed by atoms with Crippen molar-refractivity contribution in [1.82, 2.24) is 5.32 Å². The lowest BCUT2D eigenvalue weighted by Crippen LogP contribution is -2.37. The van der Waals surface area contributed by atoms with Crippen molar-refractivity contribution >= 4 is 17.3 Å². The molecule has 1 aromatic carbocycles. The predicted octanol–water partition coefficient (Wildman–Crippen LogP) is 3.31. The van der Waals surface area contributed by atoms with Crippen molar-refractivity contribution in [2.24, 2.45) is 0 Å². The number of hydrogen-bond donors (Lipinski definition) is 1. The van der Waals surface area contributed by atoms with Crippen LogP contribution in [0, 0.1) is 0 Å². The molecule has 0 aliphatic rings. The second kappa shape index (κ2) is 8.41. The maximum absolute atomic E-state index is 6.35. The summed E-state index contributed by atoms with van der Waals surface area (Å²) in [7, 11) is 1.74. The third-order valence-electron chi connectivity index (χ3n) is 3.24. The molecule has 0 aromatic heterocycles. The molecule has 108 valence electrons. The van der Waals surface area contributed by atoms with Crippen molar-refractivity contribution in [2.45, 2.75) is 33.4 Å². The first-order valence-electron chi connectivity index (χ1n) is 6.89. The average molecular weight is 285 g/mol. The van der Waals surface area contributed by atoms with Crippen LogP contribution < -0.4 is 10.2 Å². The Morgan fingerprint density at radius 3 is 2.68 bits per heavy atom. The Hall–Kier alpha value is -0.770. The Balaban J connectivity index is 3.04. The lowest BCUT2D eigenvalue weighted by atomic mass is 10.1. The van der Waals surface area contributed by atoms with Crippen molar-refractivity contribution in [1.29, 1.82) is 0 Å². The van der Waals surface area contributed by atoms with Gasteiger partial charge in [0.25, 0.3) is 0 Å². The van der Waals surface area contributed by atoms with Crippen LogP contribution in [0.15, 0.2) is 18.2 Å². The topological polar surface area (TPSA) is 24.5 Å². The Bertz CT molecular complexity index is 384. The van der Waals surface area contributed by atoms with Gasteiger partial charge in [-0.3, -0.25) is 0 Å². The van der Waals surface area contributed by atoms with Crippen LogP contribution in [0.25, 0.3) is 0 Å². The van der Waals surface area contributed by atoms with Crippen LogP contribution in [0.4, 0.5) is 5.69 Å². The van der Waals surface area contributed by atoms with E-state index >= 15 is 0 Å². The van der Waals surface area contributed by atoms with Gasteiger partial charge in [0.15, 0.2) is 0 Å². The molecule has 1 unspecified atom stereocenters. The second-order valence-electron chi connectivity index (χ2n) is 4.61. The monoisotopic (exact) mass is 284 g/mol. The zero-order valence-electron chi connectivity index (χ0n) is 12.4. The molecule has 1 aromatic rings. The van der Waals surface area contributed by atoms with E-state index in [0.717, 1.165) is 30.2 Å². The van der Waals surface area contributed by atoms with Crippen molar-refractivity contribution < 1.29 is 4.74 Å². The number of halogens is 1. The molecule has 0 saturated heterocycles. The molecular formula is C15H25ClN2O. The summed E-state index contributed by atoms with van der Waals surface area (Å²) in [6, 6.07) is 6.42. The quantitative estimate of drug-likeness (QED) is 0.793. The van der Waals surface area contributed by atoms with Gasteiger partial charge >= 0.3 is 0 Å². The van der Waals surface area contributed by atoms with Crippen molar-refractivity contribution in [3.05, 3.63) is 28.8 Å². The Morgan fingerprint density at radius 2 is 2.11 bits per heavy atom. The molecule has 0 amide bonds. The molecule has 1 atom stereocenters. The van der Waals surface area contributed by atoms with Gasteiger partial charge in [-0.2, -0.15) is 0 Å². The average Bonchev–Trinajstić information content (AvgIpc) is 2.39. The van der Waals surface area contributed by atoms with Crippen molar-refractivity contribution in [2.75, 3.05) is 31.7 Å². The van der Waals surface area contributed by atoms with Crippen LogP contribution in [0.1, 0.15) is 26.3 Å². The van der Waals surface area contributed by atoms with Crippen molar-refractivity contribution in [3.63, 3.8) is 0 Å². The number of rotatable bonds is 8. The van der Waals surface area contributed by atoms with Crippen LogP contribution in [-0.4, -0.2) is 32.8 Å². The van der Waals surface area contributed by atoms with Gasteiger partial charge in [0, 0.05) is 42.5 Å². The molecule has 0 fully saturated rings. The van der Waals surface area contributed by atoms with E-state index in [4.69, 9.17) is 16.3 Å². The number of ether oxygens (including phenoxy) is 1. The molecule has 3 nitrogen and oxygen atoms in total. The molecule has 0 radical (unpaired) electrons. The fourth-order valence-corrected chi connectivity index (χ4v) is 2.53. The van der Waals surface area contributed by atoms with E-state index in [2.05, 4.69) is 37.1 Å². The van der Waals surface area contributed by atoms with Crippen LogP contribution >= 0.6 is 11.6 Å². The summed E-state index contributed by atoms with van der Waals surface area (Å²) in [6.07, 6.45) is 0. The van der Waals surface area contributed by atoms with Gasteiger partial charge in [-0.05, 0) is 32.5 Å². The van der Waals surface area contributed by atoms with E-state index in [1.54, 1.807) is 7.11 Å². The largest absolute Gasteiger partial charge is 0.383 e. The number of likely N-dealkylation sites (N-methyl/N-ethyl adjacent to an activating group) is 1. The van der Waals surface area contributed by atoms with Crippen molar-refractivity contribution in [3.8, 4) is 0 Å². The smallest absolute Gasteiger partial charge is 0.0663 e. The second-order valence-corrected chi connectivity index (χ2v) is 5.02. The molecule has 0 aliphatic carbocycles. The minimum absolute atomic E-state index is 0.328. The molecular weight excluding hydrogens is 260 g/mol.